The van der Waals surface area contributed by atoms with E-state index in [1.165, 1.54) is 6.07 Å². The molecule has 0 aliphatic carbocycles. The first kappa shape index (κ1) is 49.6. The molecule has 0 radical (unpaired) electrons. The van der Waals surface area contributed by atoms with Gasteiger partial charge in [-0.1, -0.05) is 182 Å². The zero-order chi connectivity index (χ0) is 47.7. The molecule has 342 valence electrons. The number of nitriles is 1. The van der Waals surface area contributed by atoms with Crippen LogP contribution in [0.4, 0.5) is 0 Å². The third kappa shape index (κ3) is 12.4. The highest BCUT2D eigenvalue weighted by Crippen LogP contribution is 2.47. The van der Waals surface area contributed by atoms with Crippen LogP contribution in [0.2, 0.25) is 0 Å². The van der Waals surface area contributed by atoms with E-state index >= 15 is 0 Å². The van der Waals surface area contributed by atoms with Crippen LogP contribution in [0.3, 0.4) is 0 Å². The summed E-state index contributed by atoms with van der Waals surface area (Å²) in [5, 5.41) is 9.03. The number of primary amides is 1. The van der Waals surface area contributed by atoms with Crippen molar-refractivity contribution in [2.75, 3.05) is 6.61 Å². The highest BCUT2D eigenvalue weighted by atomic mass is 31.2. The third-order valence-electron chi connectivity index (χ3n) is 11.2. The second-order valence-corrected chi connectivity index (χ2v) is 17.9. The smallest absolute Gasteiger partial charge is 0.265 e. The van der Waals surface area contributed by atoms with E-state index in [9.17, 15) is 9.59 Å². The van der Waals surface area contributed by atoms with Gasteiger partial charge in [0.05, 0.1) is 31.2 Å². The van der Waals surface area contributed by atoms with E-state index in [0.29, 0.717) is 5.56 Å². The monoisotopic (exact) mass is 910 g/mol. The Hall–Kier alpha value is -6.80. The maximum Gasteiger partial charge on any atom is 0.265 e. The number of hydrogen-bond acceptors (Lipinski definition) is 8. The number of carbonyl (C=O) groups is 2. The van der Waals surface area contributed by atoms with Gasteiger partial charge in [-0.2, -0.15) is 5.26 Å². The Bertz CT molecular complexity index is 2450. The maximum atomic E-state index is 13.9. The van der Waals surface area contributed by atoms with Crippen molar-refractivity contribution in [3.63, 3.8) is 0 Å². The second kappa shape index (κ2) is 24.1. The average Bonchev–Trinajstić information content (AvgIpc) is 3.37. The lowest BCUT2D eigenvalue weighted by Crippen LogP contribution is -2.53. The van der Waals surface area contributed by atoms with Gasteiger partial charge in [0.15, 0.2) is 0 Å². The molecule has 0 aromatic heterocycles. The molecule has 11 heteroatoms. The molecule has 2 amide bonds. The molecule has 0 aliphatic heterocycles. The SMILES string of the molecule is CC(C)N(C(C)C)P(OCCC#N)OCc1cc(C(N)=O)cc(C(=O)NNC(c2ccccc2)(c2ccccc2)c2ccccc2)c1.NC(c1ccccc1)(c1ccccc1)c1ccccc1. The van der Waals surface area contributed by atoms with Gasteiger partial charge < -0.3 is 20.5 Å². The van der Waals surface area contributed by atoms with Gasteiger partial charge >= 0.3 is 0 Å². The Kier molecular flexibility index (Phi) is 17.9. The summed E-state index contributed by atoms with van der Waals surface area (Å²) in [4.78, 5) is 26.3. The van der Waals surface area contributed by atoms with E-state index in [2.05, 4.69) is 85.7 Å². The molecule has 6 N–H and O–H groups in total. The number of hydrazine groups is 1. The van der Waals surface area contributed by atoms with Crippen LogP contribution in [-0.4, -0.2) is 35.2 Å². The van der Waals surface area contributed by atoms with Crippen molar-refractivity contribution in [1.29, 1.82) is 5.26 Å². The lowest BCUT2D eigenvalue weighted by molar-refractivity contribution is 0.0918. The van der Waals surface area contributed by atoms with Crippen molar-refractivity contribution in [3.05, 3.63) is 250 Å². The first-order valence-electron chi connectivity index (χ1n) is 22.3. The molecule has 7 rings (SSSR count). The Morgan fingerprint density at radius 2 is 0.970 bits per heavy atom. The summed E-state index contributed by atoms with van der Waals surface area (Å²) in [5.74, 6) is -1.13. The molecule has 67 heavy (non-hydrogen) atoms. The highest BCUT2D eigenvalue weighted by molar-refractivity contribution is 7.44. The largest absolute Gasteiger partial charge is 0.366 e. The van der Waals surface area contributed by atoms with Gasteiger partial charge in [0.25, 0.3) is 14.4 Å². The van der Waals surface area contributed by atoms with Crippen molar-refractivity contribution in [2.45, 2.75) is 63.9 Å². The third-order valence-corrected chi connectivity index (χ3v) is 13.3. The summed E-state index contributed by atoms with van der Waals surface area (Å²) in [7, 11) is -1.53. The molecule has 0 heterocycles. The first-order chi connectivity index (χ1) is 32.5. The van der Waals surface area contributed by atoms with Crippen molar-refractivity contribution < 1.29 is 18.6 Å². The molecular weight excluding hydrogens is 852 g/mol. The number of hydrogen-bond donors (Lipinski definition) is 4. The molecule has 10 nitrogen and oxygen atoms in total. The van der Waals surface area contributed by atoms with E-state index in [-0.39, 0.29) is 42.8 Å². The minimum absolute atomic E-state index is 0.0605. The van der Waals surface area contributed by atoms with Gasteiger partial charge in [-0.25, -0.2) is 10.1 Å². The van der Waals surface area contributed by atoms with E-state index in [1.54, 1.807) is 12.1 Å². The fourth-order valence-electron chi connectivity index (χ4n) is 8.10. The van der Waals surface area contributed by atoms with Gasteiger partial charge in [-0.05, 0) is 84.8 Å². The lowest BCUT2D eigenvalue weighted by Gasteiger charge is -2.37. The van der Waals surface area contributed by atoms with E-state index in [0.717, 1.165) is 33.4 Å². The van der Waals surface area contributed by atoms with Gasteiger partial charge in [0.2, 0.25) is 5.91 Å². The molecular formula is C56H59N6O4P. The fraction of sp³-hybridized carbons (Fsp3) is 0.196. The first-order valence-corrected chi connectivity index (χ1v) is 23.5. The molecule has 0 aliphatic rings. The number of rotatable bonds is 19. The molecule has 1 unspecified atom stereocenters. The summed E-state index contributed by atoms with van der Waals surface area (Å²) < 4.78 is 14.4. The summed E-state index contributed by atoms with van der Waals surface area (Å²) >= 11 is 0. The zero-order valence-electron chi connectivity index (χ0n) is 38.5. The van der Waals surface area contributed by atoms with Crippen molar-refractivity contribution >= 4 is 20.3 Å². The molecule has 0 spiro atoms. The standard InChI is InChI=1S/C37H42N5O4P.C19H17N/c1-27(2)42(28(3)4)47(45-22-14-21-38)46-26-29-23-30(35(39)43)25-31(24-29)36(44)40-41-37(32-15-8-5-9-16-32,33-17-10-6-11-18-33)34-19-12-7-13-20-34;20-19(16-10-4-1-5-11-16,17-12-6-2-7-13-17)18-14-8-3-9-15-18/h5-13,15-20,23-25,27-28,41H,14,22,26H2,1-4H3,(H2,39,43)(H,40,44);1-15H,20H2. The van der Waals surface area contributed by atoms with Crippen LogP contribution in [0.5, 0.6) is 0 Å². The van der Waals surface area contributed by atoms with Crippen molar-refractivity contribution in [3.8, 4) is 6.07 Å². The zero-order valence-corrected chi connectivity index (χ0v) is 39.4. The lowest BCUT2D eigenvalue weighted by atomic mass is 9.77. The predicted octanol–water partition coefficient (Wildman–Crippen LogP) is 10.7. The summed E-state index contributed by atoms with van der Waals surface area (Å²) in [6.07, 6.45) is 0.233. The molecule has 0 saturated heterocycles. The topological polar surface area (TPSA) is 156 Å². The molecule has 1 atom stereocenters. The summed E-state index contributed by atoms with van der Waals surface area (Å²) in [6, 6.07) is 67.5. The van der Waals surface area contributed by atoms with Gasteiger partial charge in [-0.3, -0.25) is 15.0 Å². The van der Waals surface area contributed by atoms with Crippen LogP contribution >= 0.6 is 8.53 Å². The molecule has 0 bridgehead atoms. The molecule has 7 aromatic carbocycles. The van der Waals surface area contributed by atoms with Crippen molar-refractivity contribution in [1.82, 2.24) is 15.5 Å². The Labute approximate surface area is 396 Å². The van der Waals surface area contributed by atoms with Gasteiger partial charge in [-0.15, -0.1) is 0 Å². The number of nitrogens with one attached hydrogen (secondary N) is 2. The number of carbonyl (C=O) groups excluding carboxylic acids is 2. The van der Waals surface area contributed by atoms with Gasteiger partial charge in [0.1, 0.15) is 5.54 Å². The van der Waals surface area contributed by atoms with Crippen LogP contribution in [0.25, 0.3) is 0 Å². The number of nitrogens with two attached hydrogens (primary N) is 2. The van der Waals surface area contributed by atoms with Crippen LogP contribution in [-0.2, 0) is 26.7 Å². The Balaban J connectivity index is 0.000000305. The van der Waals surface area contributed by atoms with Crippen LogP contribution in [0, 0.1) is 11.3 Å². The second-order valence-electron chi connectivity index (χ2n) is 16.4. The minimum Gasteiger partial charge on any atom is -0.366 e. The Morgan fingerprint density at radius 1 is 0.597 bits per heavy atom. The fourth-order valence-corrected chi connectivity index (χ4v) is 9.70. The quantitative estimate of drug-likeness (QED) is 0.0270. The van der Waals surface area contributed by atoms with Crippen molar-refractivity contribution in [2.24, 2.45) is 11.5 Å². The summed E-state index contributed by atoms with van der Waals surface area (Å²) in [5.41, 5.74) is 24.3. The van der Waals surface area contributed by atoms with Crippen LogP contribution in [0.15, 0.2) is 200 Å². The predicted molar refractivity (Wildman–Crippen MR) is 268 cm³/mol. The van der Waals surface area contributed by atoms with Crippen LogP contribution in [0.1, 0.15) is 93.8 Å². The Morgan fingerprint density at radius 3 is 1.33 bits per heavy atom. The summed E-state index contributed by atoms with van der Waals surface area (Å²) in [6.45, 7) is 8.49. The molecule has 0 fully saturated rings. The molecule has 0 saturated carbocycles. The number of benzene rings is 7. The normalized spacial score (nSPS) is 11.9. The molecule has 7 aromatic rings. The van der Waals surface area contributed by atoms with Gasteiger partial charge in [0, 0.05) is 23.2 Å². The average molecular weight is 911 g/mol. The van der Waals surface area contributed by atoms with E-state index < -0.39 is 31.4 Å². The number of amides is 2. The highest BCUT2D eigenvalue weighted by Gasteiger charge is 2.37. The van der Waals surface area contributed by atoms with E-state index in [1.807, 2.05) is 146 Å². The maximum absolute atomic E-state index is 13.9. The number of nitrogens with zero attached hydrogens (tertiary/aromatic N) is 2. The van der Waals surface area contributed by atoms with E-state index in [4.69, 9.17) is 25.8 Å². The van der Waals surface area contributed by atoms with Crippen LogP contribution < -0.4 is 22.3 Å². The minimum atomic E-state index is -1.53.